The lowest BCUT2D eigenvalue weighted by atomic mass is 9.85. The van der Waals surface area contributed by atoms with Crippen LogP contribution in [0.3, 0.4) is 0 Å². The normalized spacial score (nSPS) is 11.2. The number of aromatic nitrogens is 2. The minimum atomic E-state index is -0.425. The van der Waals surface area contributed by atoms with Crippen molar-refractivity contribution < 1.29 is 9.72 Å². The lowest BCUT2D eigenvalue weighted by molar-refractivity contribution is -0.386. The Bertz CT molecular complexity index is 990. The molecule has 3 rings (SSSR count). The van der Waals surface area contributed by atoms with E-state index in [4.69, 9.17) is 0 Å². The monoisotopic (exact) mass is 404 g/mol. The molecule has 3 aromatic rings. The number of carbonyl (C=O) groups is 1. The smallest absolute Gasteiger partial charge is 0.273 e. The van der Waals surface area contributed by atoms with Crippen molar-refractivity contribution in [3.63, 3.8) is 0 Å². The van der Waals surface area contributed by atoms with Gasteiger partial charge in [-0.2, -0.15) is 0 Å². The number of rotatable bonds is 6. The number of hydrogen-bond donors (Lipinski definition) is 0. The van der Waals surface area contributed by atoms with Gasteiger partial charge in [0.25, 0.3) is 11.6 Å². The molecule has 2 heterocycles. The molecule has 154 valence electrons. The van der Waals surface area contributed by atoms with Gasteiger partial charge in [-0.15, -0.1) is 0 Å². The largest absolute Gasteiger partial charge is 0.330 e. The Hall–Kier alpha value is -3.61. The third-order valence-electron chi connectivity index (χ3n) is 4.76. The molecule has 0 aliphatic rings. The van der Waals surface area contributed by atoms with E-state index in [0.29, 0.717) is 18.7 Å². The van der Waals surface area contributed by atoms with Crippen LogP contribution < -0.4 is 0 Å². The molecular formula is C23H24N4O3. The molecule has 2 aromatic heterocycles. The number of hydrogen-bond acceptors (Lipinski definition) is 5. The van der Waals surface area contributed by atoms with E-state index < -0.39 is 10.3 Å². The van der Waals surface area contributed by atoms with Gasteiger partial charge in [-0.05, 0) is 40.8 Å². The summed E-state index contributed by atoms with van der Waals surface area (Å²) in [6.45, 7) is 6.42. The van der Waals surface area contributed by atoms with Gasteiger partial charge in [0.2, 0.25) is 0 Å². The molecule has 0 N–H and O–H groups in total. The van der Waals surface area contributed by atoms with E-state index in [-0.39, 0.29) is 17.2 Å². The highest BCUT2D eigenvalue weighted by atomic mass is 16.6. The highest BCUT2D eigenvalue weighted by molar-refractivity contribution is 5.95. The number of benzene rings is 1. The third-order valence-corrected chi connectivity index (χ3v) is 4.76. The van der Waals surface area contributed by atoms with E-state index >= 15 is 0 Å². The van der Waals surface area contributed by atoms with Gasteiger partial charge < -0.3 is 4.90 Å². The average molecular weight is 404 g/mol. The zero-order chi connectivity index (χ0) is 21.7. The first-order valence-corrected chi connectivity index (χ1v) is 9.61. The fraction of sp³-hybridized carbons (Fsp3) is 0.261. The number of nitrogens with zero attached hydrogens (tertiary/aromatic N) is 4. The van der Waals surface area contributed by atoms with Crippen LogP contribution in [0.5, 0.6) is 0 Å². The van der Waals surface area contributed by atoms with Gasteiger partial charge in [-0.3, -0.25) is 24.9 Å². The quantitative estimate of drug-likeness (QED) is 0.445. The van der Waals surface area contributed by atoms with E-state index in [9.17, 15) is 14.9 Å². The van der Waals surface area contributed by atoms with Crippen LogP contribution in [-0.2, 0) is 18.5 Å². The molecule has 0 saturated heterocycles. The highest BCUT2D eigenvalue weighted by Crippen LogP contribution is 2.32. The molecule has 0 spiro atoms. The summed E-state index contributed by atoms with van der Waals surface area (Å²) in [6, 6.07) is 12.1. The molecule has 0 aliphatic heterocycles. The van der Waals surface area contributed by atoms with E-state index in [1.807, 2.05) is 45.0 Å². The van der Waals surface area contributed by atoms with Crippen molar-refractivity contribution in [2.75, 3.05) is 0 Å². The summed E-state index contributed by atoms with van der Waals surface area (Å²) in [5.74, 6) is -0.278. The molecular weight excluding hydrogens is 380 g/mol. The first-order chi connectivity index (χ1) is 14.3. The van der Waals surface area contributed by atoms with Crippen molar-refractivity contribution >= 4 is 11.6 Å². The van der Waals surface area contributed by atoms with Crippen LogP contribution in [0.2, 0.25) is 0 Å². The summed E-state index contributed by atoms with van der Waals surface area (Å²) in [7, 11) is 0. The van der Waals surface area contributed by atoms with Gasteiger partial charge in [0.05, 0.1) is 4.92 Å². The summed E-state index contributed by atoms with van der Waals surface area (Å²) in [4.78, 5) is 34.4. The first kappa shape index (κ1) is 21.1. The molecule has 0 unspecified atom stereocenters. The Balaban J connectivity index is 1.97. The molecule has 30 heavy (non-hydrogen) atoms. The first-order valence-electron chi connectivity index (χ1n) is 9.61. The van der Waals surface area contributed by atoms with Gasteiger partial charge in [0.15, 0.2) is 0 Å². The Labute approximate surface area is 175 Å². The fourth-order valence-electron chi connectivity index (χ4n) is 3.25. The zero-order valence-electron chi connectivity index (χ0n) is 17.3. The van der Waals surface area contributed by atoms with Crippen LogP contribution >= 0.6 is 0 Å². The minimum absolute atomic E-state index is 0.0430. The third kappa shape index (κ3) is 5.05. The molecule has 0 atom stereocenters. The molecule has 7 nitrogen and oxygen atoms in total. The van der Waals surface area contributed by atoms with Crippen molar-refractivity contribution in [3.8, 4) is 0 Å². The van der Waals surface area contributed by atoms with Gasteiger partial charge in [-0.25, -0.2) is 0 Å². The van der Waals surface area contributed by atoms with Crippen molar-refractivity contribution in [2.45, 2.75) is 39.3 Å². The second-order valence-electron chi connectivity index (χ2n) is 8.12. The molecule has 1 aromatic carbocycles. The Morgan fingerprint density at radius 1 is 1.00 bits per heavy atom. The Morgan fingerprint density at radius 3 is 2.30 bits per heavy atom. The van der Waals surface area contributed by atoms with Crippen molar-refractivity contribution in [1.82, 2.24) is 14.9 Å². The number of pyridine rings is 2. The molecule has 0 aliphatic carbocycles. The number of nitro groups is 1. The van der Waals surface area contributed by atoms with Gasteiger partial charge in [0.1, 0.15) is 0 Å². The second-order valence-corrected chi connectivity index (χ2v) is 8.12. The van der Waals surface area contributed by atoms with Crippen LogP contribution in [0.25, 0.3) is 0 Å². The lowest BCUT2D eigenvalue weighted by Crippen LogP contribution is -2.30. The molecule has 7 heteroatoms. The highest BCUT2D eigenvalue weighted by Gasteiger charge is 2.27. The summed E-state index contributed by atoms with van der Waals surface area (Å²) < 4.78 is 0. The number of amides is 1. The summed E-state index contributed by atoms with van der Waals surface area (Å²) in [5.41, 5.74) is 2.23. The maximum Gasteiger partial charge on any atom is 0.273 e. The lowest BCUT2D eigenvalue weighted by Gasteiger charge is -2.24. The minimum Gasteiger partial charge on any atom is -0.330 e. The average Bonchev–Trinajstić information content (AvgIpc) is 2.73. The van der Waals surface area contributed by atoms with Gasteiger partial charge in [-0.1, -0.05) is 32.9 Å². The number of carbonyl (C=O) groups excluding carboxylic acids is 1. The van der Waals surface area contributed by atoms with Crippen LogP contribution in [0, 0.1) is 10.1 Å². The molecule has 0 radical (unpaired) electrons. The van der Waals surface area contributed by atoms with Crippen LogP contribution in [0.1, 0.15) is 47.8 Å². The Kier molecular flexibility index (Phi) is 6.20. The Morgan fingerprint density at radius 2 is 1.70 bits per heavy atom. The van der Waals surface area contributed by atoms with Crippen molar-refractivity contribution in [2.24, 2.45) is 0 Å². The van der Waals surface area contributed by atoms with E-state index in [0.717, 1.165) is 11.1 Å². The van der Waals surface area contributed by atoms with E-state index in [1.54, 1.807) is 41.8 Å². The summed E-state index contributed by atoms with van der Waals surface area (Å²) >= 11 is 0. The standard InChI is InChI=1S/C23H24N4O3/c1-23(2,3)20-7-6-19(13-21(20)27(29)30)22(28)26(15-17-8-11-24-12-9-17)16-18-5-4-10-25-14-18/h4-14H,15-16H2,1-3H3. The zero-order valence-corrected chi connectivity index (χ0v) is 17.3. The number of nitro benzene ring substituents is 1. The molecule has 0 fully saturated rings. The SMILES string of the molecule is CC(C)(C)c1ccc(C(=O)N(Cc2ccncc2)Cc2cccnc2)cc1[N+](=O)[O-]. The molecule has 1 amide bonds. The van der Waals surface area contributed by atoms with Crippen LogP contribution in [-0.4, -0.2) is 25.7 Å². The second kappa shape index (κ2) is 8.82. The van der Waals surface area contributed by atoms with Gasteiger partial charge >= 0.3 is 0 Å². The van der Waals surface area contributed by atoms with Crippen molar-refractivity contribution in [1.29, 1.82) is 0 Å². The van der Waals surface area contributed by atoms with Gasteiger partial charge in [0, 0.05) is 55.1 Å². The van der Waals surface area contributed by atoms with Crippen LogP contribution in [0.4, 0.5) is 5.69 Å². The van der Waals surface area contributed by atoms with E-state index in [1.165, 1.54) is 6.07 Å². The summed E-state index contributed by atoms with van der Waals surface area (Å²) in [5, 5.41) is 11.7. The maximum atomic E-state index is 13.4. The molecule has 0 saturated carbocycles. The topological polar surface area (TPSA) is 89.2 Å². The predicted molar refractivity (Wildman–Crippen MR) is 114 cm³/mol. The van der Waals surface area contributed by atoms with Crippen molar-refractivity contribution in [3.05, 3.63) is 99.6 Å². The fourth-order valence-corrected chi connectivity index (χ4v) is 3.25. The van der Waals surface area contributed by atoms with E-state index in [2.05, 4.69) is 9.97 Å². The van der Waals surface area contributed by atoms with Crippen LogP contribution in [0.15, 0.2) is 67.3 Å². The summed E-state index contributed by atoms with van der Waals surface area (Å²) in [6.07, 6.45) is 6.72. The molecule has 0 bridgehead atoms. The maximum absolute atomic E-state index is 13.4. The predicted octanol–water partition coefficient (Wildman–Crippen LogP) is 4.52.